The van der Waals surface area contributed by atoms with Crippen molar-refractivity contribution in [2.24, 2.45) is 0 Å². The Morgan fingerprint density at radius 3 is 2.96 bits per heavy atom. The number of nitrogens with zero attached hydrogens (tertiary/aromatic N) is 6. The van der Waals surface area contributed by atoms with Gasteiger partial charge in [-0.1, -0.05) is 6.07 Å². The summed E-state index contributed by atoms with van der Waals surface area (Å²) in [6.07, 6.45) is 4.85. The molecule has 1 atom stereocenters. The van der Waals surface area contributed by atoms with E-state index in [9.17, 15) is 4.79 Å². The number of amides is 1. The van der Waals surface area contributed by atoms with Crippen LogP contribution in [-0.4, -0.2) is 42.7 Å². The molecule has 9 heteroatoms. The Labute approximate surface area is 149 Å². The van der Waals surface area contributed by atoms with Crippen LogP contribution in [-0.2, 0) is 6.42 Å². The van der Waals surface area contributed by atoms with Gasteiger partial charge in [-0.2, -0.15) is 0 Å². The van der Waals surface area contributed by atoms with E-state index in [1.165, 1.54) is 19.5 Å². The van der Waals surface area contributed by atoms with Crippen molar-refractivity contribution in [3.63, 3.8) is 0 Å². The van der Waals surface area contributed by atoms with Crippen molar-refractivity contribution in [3.8, 4) is 17.4 Å². The zero-order chi connectivity index (χ0) is 18.1. The summed E-state index contributed by atoms with van der Waals surface area (Å²) in [5.41, 5.74) is 0.751. The van der Waals surface area contributed by atoms with Crippen LogP contribution in [0.15, 0.2) is 30.6 Å². The van der Waals surface area contributed by atoms with Gasteiger partial charge in [-0.25, -0.2) is 15.0 Å². The summed E-state index contributed by atoms with van der Waals surface area (Å²) in [6.45, 7) is 2.13. The van der Waals surface area contributed by atoms with E-state index in [0.717, 1.165) is 18.7 Å². The zero-order valence-corrected chi connectivity index (χ0v) is 14.4. The number of fused-ring (bicyclic) bond motifs is 1. The van der Waals surface area contributed by atoms with Gasteiger partial charge in [0.1, 0.15) is 17.3 Å². The van der Waals surface area contributed by atoms with E-state index in [4.69, 9.17) is 4.74 Å². The highest BCUT2D eigenvalue weighted by Crippen LogP contribution is 2.30. The summed E-state index contributed by atoms with van der Waals surface area (Å²) in [5, 5.41) is 11.2. The van der Waals surface area contributed by atoms with Crippen molar-refractivity contribution in [2.45, 2.75) is 25.8 Å². The number of nitrogens with one attached hydrogen (secondary N) is 1. The molecule has 0 aliphatic carbocycles. The van der Waals surface area contributed by atoms with E-state index < -0.39 is 5.91 Å². The minimum Gasteiger partial charge on any atom is -0.479 e. The molecule has 4 heterocycles. The molecule has 0 radical (unpaired) electrons. The molecule has 3 aromatic heterocycles. The van der Waals surface area contributed by atoms with Crippen LogP contribution in [0, 0.1) is 0 Å². The molecular formula is C17H17N7O2. The number of hydrogen-bond acceptors (Lipinski definition) is 7. The quantitative estimate of drug-likeness (QED) is 0.765. The van der Waals surface area contributed by atoms with Gasteiger partial charge in [0.05, 0.1) is 7.11 Å². The number of aromatic nitrogens is 6. The Balaban J connectivity index is 1.62. The second-order valence-electron chi connectivity index (χ2n) is 5.97. The van der Waals surface area contributed by atoms with Gasteiger partial charge in [-0.3, -0.25) is 4.79 Å². The molecule has 132 valence electrons. The van der Waals surface area contributed by atoms with Gasteiger partial charge in [0, 0.05) is 24.9 Å². The first-order chi connectivity index (χ1) is 12.7. The Hall–Kier alpha value is -3.36. The number of methoxy groups -OCH3 is 1. The van der Waals surface area contributed by atoms with Gasteiger partial charge in [-0.15, -0.1) is 10.2 Å². The zero-order valence-electron chi connectivity index (χ0n) is 14.4. The number of hydrogen-bond donors (Lipinski definition) is 1. The molecule has 0 unspecified atom stereocenters. The van der Waals surface area contributed by atoms with E-state index in [2.05, 4.69) is 42.0 Å². The number of aryl methyl sites for hydroxylation is 1. The minimum atomic E-state index is -0.445. The first-order valence-electron chi connectivity index (χ1n) is 8.25. The molecular weight excluding hydrogens is 334 g/mol. The van der Waals surface area contributed by atoms with Crippen LogP contribution in [0.1, 0.15) is 35.7 Å². The van der Waals surface area contributed by atoms with Crippen molar-refractivity contribution in [3.05, 3.63) is 42.1 Å². The first-order valence-corrected chi connectivity index (χ1v) is 8.25. The van der Waals surface area contributed by atoms with E-state index in [1.54, 1.807) is 6.07 Å². The normalized spacial score (nSPS) is 15.5. The fourth-order valence-electron chi connectivity index (χ4n) is 3.03. The third kappa shape index (κ3) is 2.77. The van der Waals surface area contributed by atoms with E-state index in [1.807, 2.05) is 12.1 Å². The van der Waals surface area contributed by atoms with Gasteiger partial charge >= 0.3 is 0 Å². The van der Waals surface area contributed by atoms with Crippen LogP contribution in [0.25, 0.3) is 11.5 Å². The second kappa shape index (κ2) is 6.51. The van der Waals surface area contributed by atoms with Crippen LogP contribution in [0.4, 0.5) is 5.82 Å². The maximum Gasteiger partial charge on any atom is 0.281 e. The second-order valence-corrected chi connectivity index (χ2v) is 5.97. The SMILES string of the molecule is COc1nccnc1C(=O)Nc1cccc(-c2nnc3n2[C@@H](C)CC3)n1. The minimum absolute atomic E-state index is 0.0965. The van der Waals surface area contributed by atoms with Crippen LogP contribution in [0.5, 0.6) is 5.88 Å². The van der Waals surface area contributed by atoms with Gasteiger partial charge in [0.15, 0.2) is 11.5 Å². The molecule has 26 heavy (non-hydrogen) atoms. The van der Waals surface area contributed by atoms with Crippen LogP contribution >= 0.6 is 0 Å². The molecule has 0 spiro atoms. The Bertz CT molecular complexity index is 969. The molecule has 0 saturated carbocycles. The van der Waals surface area contributed by atoms with Crippen molar-refractivity contribution >= 4 is 11.7 Å². The lowest BCUT2D eigenvalue weighted by atomic mass is 10.2. The Morgan fingerprint density at radius 2 is 2.12 bits per heavy atom. The maximum atomic E-state index is 12.5. The Morgan fingerprint density at radius 1 is 1.27 bits per heavy atom. The van der Waals surface area contributed by atoms with E-state index >= 15 is 0 Å². The standard InChI is InChI=1S/C17H17N7O2/c1-10-6-7-13-22-23-15(24(10)13)11-4-3-5-12(20-11)21-16(25)14-17(26-2)19-9-8-18-14/h3-5,8-10H,6-7H2,1-2H3,(H,20,21,25)/t10-/m0/s1. The molecule has 4 rings (SSSR count). The number of carbonyl (C=O) groups excluding carboxylic acids is 1. The maximum absolute atomic E-state index is 12.5. The topological polar surface area (TPSA) is 108 Å². The summed E-state index contributed by atoms with van der Waals surface area (Å²) in [6, 6.07) is 5.70. The Kier molecular flexibility index (Phi) is 4.04. The number of carbonyl (C=O) groups is 1. The summed E-state index contributed by atoms with van der Waals surface area (Å²) in [5.74, 6) is 1.78. The van der Waals surface area contributed by atoms with Crippen LogP contribution in [0.3, 0.4) is 0 Å². The third-order valence-electron chi connectivity index (χ3n) is 4.29. The predicted octanol–water partition coefficient (Wildman–Crippen LogP) is 1.90. The van der Waals surface area contributed by atoms with Crippen LogP contribution in [0.2, 0.25) is 0 Å². The average Bonchev–Trinajstić information content (AvgIpc) is 3.25. The van der Waals surface area contributed by atoms with E-state index in [-0.39, 0.29) is 11.6 Å². The lowest BCUT2D eigenvalue weighted by molar-refractivity contribution is 0.101. The summed E-state index contributed by atoms with van der Waals surface area (Å²) < 4.78 is 7.17. The number of rotatable bonds is 4. The number of ether oxygens (including phenoxy) is 1. The smallest absolute Gasteiger partial charge is 0.281 e. The molecule has 0 bridgehead atoms. The highest BCUT2D eigenvalue weighted by molar-refractivity contribution is 6.03. The molecule has 1 aliphatic rings. The molecule has 0 aromatic carbocycles. The highest BCUT2D eigenvalue weighted by Gasteiger charge is 2.25. The third-order valence-corrected chi connectivity index (χ3v) is 4.29. The van der Waals surface area contributed by atoms with Crippen molar-refractivity contribution < 1.29 is 9.53 Å². The predicted molar refractivity (Wildman–Crippen MR) is 92.8 cm³/mol. The number of anilines is 1. The first kappa shape index (κ1) is 16.1. The molecule has 0 saturated heterocycles. The highest BCUT2D eigenvalue weighted by atomic mass is 16.5. The van der Waals surface area contributed by atoms with Crippen molar-refractivity contribution in [1.29, 1.82) is 0 Å². The molecule has 1 aliphatic heterocycles. The van der Waals surface area contributed by atoms with Gasteiger partial charge < -0.3 is 14.6 Å². The summed E-state index contributed by atoms with van der Waals surface area (Å²) >= 11 is 0. The van der Waals surface area contributed by atoms with Crippen molar-refractivity contribution in [1.82, 2.24) is 29.7 Å². The summed E-state index contributed by atoms with van der Waals surface area (Å²) in [7, 11) is 1.44. The monoisotopic (exact) mass is 351 g/mol. The van der Waals surface area contributed by atoms with Gasteiger partial charge in [0.2, 0.25) is 5.88 Å². The van der Waals surface area contributed by atoms with Crippen LogP contribution < -0.4 is 10.1 Å². The average molecular weight is 351 g/mol. The van der Waals surface area contributed by atoms with E-state index in [0.29, 0.717) is 23.4 Å². The lowest BCUT2D eigenvalue weighted by Gasteiger charge is -2.10. The molecule has 9 nitrogen and oxygen atoms in total. The largest absolute Gasteiger partial charge is 0.479 e. The van der Waals surface area contributed by atoms with Gasteiger partial charge in [0.25, 0.3) is 5.91 Å². The molecule has 1 amide bonds. The number of pyridine rings is 1. The lowest BCUT2D eigenvalue weighted by Crippen LogP contribution is -2.16. The molecule has 0 fully saturated rings. The fraction of sp³-hybridized carbons (Fsp3) is 0.294. The van der Waals surface area contributed by atoms with Crippen molar-refractivity contribution in [2.75, 3.05) is 12.4 Å². The fourth-order valence-corrected chi connectivity index (χ4v) is 3.03. The molecule has 1 N–H and O–H groups in total. The molecule has 3 aromatic rings. The van der Waals surface area contributed by atoms with Gasteiger partial charge in [-0.05, 0) is 25.5 Å². The summed E-state index contributed by atoms with van der Waals surface area (Å²) in [4.78, 5) is 25.0.